The summed E-state index contributed by atoms with van der Waals surface area (Å²) in [5.41, 5.74) is 5.37. The van der Waals surface area contributed by atoms with Crippen LogP contribution < -0.4 is 5.73 Å². The van der Waals surface area contributed by atoms with E-state index >= 15 is 0 Å². The molecule has 3 nitrogen and oxygen atoms in total. The van der Waals surface area contributed by atoms with Gasteiger partial charge < -0.3 is 10.5 Å². The first-order valence-corrected chi connectivity index (χ1v) is 3.95. The second-order valence-electron chi connectivity index (χ2n) is 3.41. The first-order chi connectivity index (χ1) is 5.11. The number of carbonyl (C=O) groups is 1. The van der Waals surface area contributed by atoms with E-state index in [9.17, 15) is 4.79 Å². The first kappa shape index (κ1) is 8.53. The summed E-state index contributed by atoms with van der Waals surface area (Å²) < 4.78 is 4.69. The highest BCUT2D eigenvalue weighted by Gasteiger charge is 2.43. The van der Waals surface area contributed by atoms with E-state index in [0.29, 0.717) is 0 Å². The average Bonchev–Trinajstić information content (AvgIpc) is 2.32. The Labute approximate surface area is 66.9 Å². The Kier molecular flexibility index (Phi) is 2.18. The Morgan fingerprint density at radius 1 is 1.73 bits per heavy atom. The van der Waals surface area contributed by atoms with Crippen molar-refractivity contribution >= 4 is 5.97 Å². The van der Waals surface area contributed by atoms with E-state index < -0.39 is 5.41 Å². The van der Waals surface area contributed by atoms with Gasteiger partial charge in [0.25, 0.3) is 0 Å². The maximum Gasteiger partial charge on any atom is 0.313 e. The van der Waals surface area contributed by atoms with Gasteiger partial charge in [0.1, 0.15) is 0 Å². The van der Waals surface area contributed by atoms with Crippen LogP contribution in [0.2, 0.25) is 0 Å². The molecule has 1 aliphatic carbocycles. The maximum atomic E-state index is 11.2. The molecule has 0 unspecified atom stereocenters. The van der Waals surface area contributed by atoms with Gasteiger partial charge in [0.15, 0.2) is 0 Å². The third kappa shape index (κ3) is 1.25. The molecule has 1 fully saturated rings. The summed E-state index contributed by atoms with van der Waals surface area (Å²) in [5.74, 6) is -0.164. The van der Waals surface area contributed by atoms with Gasteiger partial charge in [-0.1, -0.05) is 6.42 Å². The Bertz CT molecular complexity index is 169. The predicted molar refractivity (Wildman–Crippen MR) is 41.9 cm³/mol. The highest BCUT2D eigenvalue weighted by Crippen LogP contribution is 2.37. The zero-order chi connectivity index (χ0) is 8.48. The van der Waals surface area contributed by atoms with Crippen LogP contribution in [0.5, 0.6) is 0 Å². The monoisotopic (exact) mass is 157 g/mol. The summed E-state index contributed by atoms with van der Waals surface area (Å²) in [4.78, 5) is 11.2. The lowest BCUT2D eigenvalue weighted by Gasteiger charge is -2.25. The number of hydrogen-bond donors (Lipinski definition) is 1. The molecule has 1 aliphatic rings. The van der Waals surface area contributed by atoms with Crippen LogP contribution in [0.3, 0.4) is 0 Å². The molecule has 1 rings (SSSR count). The van der Waals surface area contributed by atoms with E-state index in [1.54, 1.807) is 0 Å². The smallest absolute Gasteiger partial charge is 0.313 e. The van der Waals surface area contributed by atoms with E-state index in [0.717, 1.165) is 19.3 Å². The van der Waals surface area contributed by atoms with Crippen molar-refractivity contribution < 1.29 is 9.53 Å². The molecule has 0 aromatic heterocycles. The van der Waals surface area contributed by atoms with Crippen molar-refractivity contribution in [2.24, 2.45) is 11.1 Å². The van der Waals surface area contributed by atoms with Crippen LogP contribution in [0.1, 0.15) is 26.2 Å². The summed E-state index contributed by atoms with van der Waals surface area (Å²) in [6, 6.07) is -0.0186. The van der Waals surface area contributed by atoms with Crippen molar-refractivity contribution in [3.05, 3.63) is 0 Å². The molecular formula is C8H15NO2. The summed E-state index contributed by atoms with van der Waals surface area (Å²) in [5, 5.41) is 0. The van der Waals surface area contributed by atoms with Crippen LogP contribution in [0.25, 0.3) is 0 Å². The van der Waals surface area contributed by atoms with Crippen molar-refractivity contribution in [2.75, 3.05) is 7.11 Å². The molecule has 1 saturated carbocycles. The fourth-order valence-electron chi connectivity index (χ4n) is 1.68. The number of rotatable bonds is 1. The summed E-state index contributed by atoms with van der Waals surface area (Å²) in [6.45, 7) is 1.89. The van der Waals surface area contributed by atoms with Gasteiger partial charge in [-0.25, -0.2) is 0 Å². The molecule has 0 radical (unpaired) electrons. The van der Waals surface area contributed by atoms with E-state index in [1.165, 1.54) is 7.11 Å². The summed E-state index contributed by atoms with van der Waals surface area (Å²) in [6.07, 6.45) is 2.83. The maximum absolute atomic E-state index is 11.2. The third-order valence-corrected chi connectivity index (χ3v) is 2.68. The van der Waals surface area contributed by atoms with Crippen LogP contribution in [0.4, 0.5) is 0 Å². The van der Waals surface area contributed by atoms with Gasteiger partial charge in [0.2, 0.25) is 0 Å². The number of ether oxygens (including phenoxy) is 1. The Hall–Kier alpha value is -0.570. The summed E-state index contributed by atoms with van der Waals surface area (Å²) >= 11 is 0. The molecule has 0 heterocycles. The first-order valence-electron chi connectivity index (χ1n) is 3.95. The van der Waals surface area contributed by atoms with E-state index in [2.05, 4.69) is 4.74 Å². The molecule has 64 valence electrons. The Balaban J connectivity index is 2.72. The van der Waals surface area contributed by atoms with E-state index in [4.69, 9.17) is 5.73 Å². The van der Waals surface area contributed by atoms with Crippen molar-refractivity contribution in [3.63, 3.8) is 0 Å². The average molecular weight is 157 g/mol. The molecule has 0 spiro atoms. The van der Waals surface area contributed by atoms with Crippen LogP contribution in [0, 0.1) is 5.41 Å². The Morgan fingerprint density at radius 2 is 2.36 bits per heavy atom. The molecular weight excluding hydrogens is 142 g/mol. The van der Waals surface area contributed by atoms with Gasteiger partial charge in [-0.2, -0.15) is 0 Å². The van der Waals surface area contributed by atoms with Crippen molar-refractivity contribution in [2.45, 2.75) is 32.2 Å². The highest BCUT2D eigenvalue weighted by atomic mass is 16.5. The minimum atomic E-state index is -0.422. The second kappa shape index (κ2) is 2.81. The van der Waals surface area contributed by atoms with Gasteiger partial charge in [-0.3, -0.25) is 4.79 Å². The number of carbonyl (C=O) groups excluding carboxylic acids is 1. The minimum absolute atomic E-state index is 0.0186. The highest BCUT2D eigenvalue weighted by molar-refractivity contribution is 5.77. The van der Waals surface area contributed by atoms with E-state index in [1.807, 2.05) is 6.92 Å². The van der Waals surface area contributed by atoms with E-state index in [-0.39, 0.29) is 12.0 Å². The SMILES string of the molecule is COC(=O)[C@@]1(C)CCC[C@H]1N. The Morgan fingerprint density at radius 3 is 2.73 bits per heavy atom. The fraction of sp³-hybridized carbons (Fsp3) is 0.875. The molecule has 2 atom stereocenters. The molecule has 0 aromatic carbocycles. The lowest BCUT2D eigenvalue weighted by molar-refractivity contribution is -0.152. The molecule has 3 heteroatoms. The lowest BCUT2D eigenvalue weighted by Crippen LogP contribution is -2.41. The van der Waals surface area contributed by atoms with Crippen LogP contribution >= 0.6 is 0 Å². The number of methoxy groups -OCH3 is 1. The van der Waals surface area contributed by atoms with Crippen molar-refractivity contribution in [3.8, 4) is 0 Å². The quantitative estimate of drug-likeness (QED) is 0.569. The predicted octanol–water partition coefficient (Wildman–Crippen LogP) is 0.677. The second-order valence-corrected chi connectivity index (χ2v) is 3.41. The van der Waals surface area contributed by atoms with Gasteiger partial charge in [-0.15, -0.1) is 0 Å². The topological polar surface area (TPSA) is 52.3 Å². The zero-order valence-corrected chi connectivity index (χ0v) is 7.09. The largest absolute Gasteiger partial charge is 0.469 e. The molecule has 0 bridgehead atoms. The molecule has 2 N–H and O–H groups in total. The molecule has 0 aliphatic heterocycles. The molecule has 0 aromatic rings. The minimum Gasteiger partial charge on any atom is -0.469 e. The lowest BCUT2D eigenvalue weighted by atomic mass is 9.85. The van der Waals surface area contributed by atoms with Gasteiger partial charge in [-0.05, 0) is 19.8 Å². The van der Waals surface area contributed by atoms with Crippen LogP contribution in [0.15, 0.2) is 0 Å². The third-order valence-electron chi connectivity index (χ3n) is 2.68. The number of nitrogens with two attached hydrogens (primary N) is 1. The van der Waals surface area contributed by atoms with Gasteiger partial charge in [0.05, 0.1) is 12.5 Å². The van der Waals surface area contributed by atoms with Gasteiger partial charge in [0, 0.05) is 6.04 Å². The normalized spacial score (nSPS) is 37.2. The molecule has 0 amide bonds. The van der Waals surface area contributed by atoms with Crippen LogP contribution in [-0.2, 0) is 9.53 Å². The standard InChI is InChI=1S/C8H15NO2/c1-8(7(10)11-2)5-3-4-6(8)9/h6H,3-5,9H2,1-2H3/t6-,8+/m1/s1. The summed E-state index contributed by atoms with van der Waals surface area (Å²) in [7, 11) is 1.42. The van der Waals surface area contributed by atoms with Crippen LogP contribution in [-0.4, -0.2) is 19.1 Å². The zero-order valence-electron chi connectivity index (χ0n) is 7.09. The number of esters is 1. The fourth-order valence-corrected chi connectivity index (χ4v) is 1.68. The number of hydrogen-bond acceptors (Lipinski definition) is 3. The molecule has 0 saturated heterocycles. The van der Waals surface area contributed by atoms with Crippen molar-refractivity contribution in [1.29, 1.82) is 0 Å². The molecule has 11 heavy (non-hydrogen) atoms. The van der Waals surface area contributed by atoms with Crippen molar-refractivity contribution in [1.82, 2.24) is 0 Å². The van der Waals surface area contributed by atoms with Gasteiger partial charge >= 0.3 is 5.97 Å².